The summed E-state index contributed by atoms with van der Waals surface area (Å²) in [6, 6.07) is 57.0. The van der Waals surface area contributed by atoms with Gasteiger partial charge >= 0.3 is 0 Å². The summed E-state index contributed by atoms with van der Waals surface area (Å²) in [6.45, 7) is 0. The first-order valence-corrected chi connectivity index (χ1v) is 16.1. The normalized spacial score (nSPS) is 12.3. The highest BCUT2D eigenvalue weighted by atomic mass is 15.2. The number of hydrogen-bond donors (Lipinski definition) is 0. The van der Waals surface area contributed by atoms with E-state index in [9.17, 15) is 0 Å². The smallest absolute Gasteiger partial charge is 0.165 e. The number of para-hydroxylation sites is 3. The largest absolute Gasteiger partial charge is 0.309 e. The summed E-state index contributed by atoms with van der Waals surface area (Å²) in [7, 11) is 0. The van der Waals surface area contributed by atoms with E-state index >= 15 is 0 Å². The van der Waals surface area contributed by atoms with Crippen LogP contribution < -0.4 is 0 Å². The Balaban J connectivity index is 1.16. The van der Waals surface area contributed by atoms with Gasteiger partial charge in [-0.15, -0.1) is 0 Å². The van der Waals surface area contributed by atoms with Crippen molar-refractivity contribution in [1.29, 1.82) is 0 Å². The van der Waals surface area contributed by atoms with Crippen LogP contribution in [0.25, 0.3) is 93.7 Å². The lowest BCUT2D eigenvalue weighted by Crippen LogP contribution is -1.95. The third-order valence-electron chi connectivity index (χ3n) is 9.99. The van der Waals surface area contributed by atoms with Crippen LogP contribution in [0.3, 0.4) is 0 Å². The molecule has 5 heterocycles. The molecule has 5 aromatic heterocycles. The van der Waals surface area contributed by atoms with Gasteiger partial charge in [0.1, 0.15) is 5.65 Å². The van der Waals surface area contributed by atoms with Gasteiger partial charge in [-0.05, 0) is 71.8 Å². The van der Waals surface area contributed by atoms with Crippen LogP contribution in [0.5, 0.6) is 0 Å². The molecule has 0 fully saturated rings. The number of imidazole rings is 1. The predicted octanol–water partition coefficient (Wildman–Crippen LogP) is 10.9. The molecular weight excluding hydrogens is 573 g/mol. The van der Waals surface area contributed by atoms with Crippen molar-refractivity contribution in [3.63, 3.8) is 0 Å². The van der Waals surface area contributed by atoms with Crippen LogP contribution in [-0.2, 0) is 0 Å². The lowest BCUT2D eigenvalue weighted by Gasteiger charge is -2.08. The zero-order chi connectivity index (χ0) is 30.6. The van der Waals surface area contributed by atoms with Crippen LogP contribution >= 0.6 is 0 Å². The molecule has 4 nitrogen and oxygen atoms in total. The van der Waals surface area contributed by atoms with E-state index in [0.29, 0.717) is 0 Å². The van der Waals surface area contributed by atoms with Crippen molar-refractivity contribution in [2.45, 2.75) is 0 Å². The highest BCUT2D eigenvalue weighted by Crippen LogP contribution is 2.41. The van der Waals surface area contributed by atoms with E-state index in [2.05, 4.69) is 171 Å². The Morgan fingerprint density at radius 3 is 1.55 bits per heavy atom. The van der Waals surface area contributed by atoms with Crippen LogP contribution in [0, 0.1) is 0 Å². The molecule has 4 heteroatoms. The van der Waals surface area contributed by atoms with E-state index in [0.717, 1.165) is 28.0 Å². The topological polar surface area (TPSA) is 27.2 Å². The van der Waals surface area contributed by atoms with Gasteiger partial charge in [0.05, 0.1) is 33.1 Å². The molecule has 11 aromatic rings. The molecule has 0 aliphatic rings. The van der Waals surface area contributed by atoms with Crippen LogP contribution in [0.1, 0.15) is 0 Å². The van der Waals surface area contributed by atoms with Gasteiger partial charge in [-0.3, -0.25) is 8.97 Å². The maximum atomic E-state index is 5.26. The zero-order valence-corrected chi connectivity index (χ0v) is 25.3. The number of benzene rings is 6. The minimum atomic E-state index is 0.967. The number of rotatable bonds is 3. The molecule has 0 aliphatic carbocycles. The Hall–Kier alpha value is -6.39. The van der Waals surface area contributed by atoms with Gasteiger partial charge in [-0.2, -0.15) is 0 Å². The van der Waals surface area contributed by atoms with Crippen LogP contribution in [0.15, 0.2) is 158 Å². The van der Waals surface area contributed by atoms with E-state index in [1.807, 2.05) is 0 Å². The van der Waals surface area contributed by atoms with E-state index < -0.39 is 0 Å². The van der Waals surface area contributed by atoms with Gasteiger partial charge in [0.25, 0.3) is 0 Å². The summed E-state index contributed by atoms with van der Waals surface area (Å²) in [5.41, 5.74) is 11.6. The molecular formula is C43H26N4. The van der Waals surface area contributed by atoms with Gasteiger partial charge in [0, 0.05) is 38.0 Å². The van der Waals surface area contributed by atoms with Crippen molar-refractivity contribution in [2.75, 3.05) is 0 Å². The molecule has 218 valence electrons. The number of pyridine rings is 1. The fraction of sp³-hybridized carbons (Fsp3) is 0. The quantitative estimate of drug-likeness (QED) is 0.199. The van der Waals surface area contributed by atoms with Crippen molar-refractivity contribution < 1.29 is 0 Å². The molecule has 0 bridgehead atoms. The van der Waals surface area contributed by atoms with Crippen molar-refractivity contribution in [2.24, 2.45) is 0 Å². The van der Waals surface area contributed by atoms with Gasteiger partial charge in [-0.25, -0.2) is 4.98 Å². The summed E-state index contributed by atoms with van der Waals surface area (Å²) >= 11 is 0. The maximum absolute atomic E-state index is 5.26. The van der Waals surface area contributed by atoms with Crippen LogP contribution in [0.2, 0.25) is 0 Å². The summed E-state index contributed by atoms with van der Waals surface area (Å²) in [5, 5.41) is 7.44. The fourth-order valence-corrected chi connectivity index (χ4v) is 7.99. The summed E-state index contributed by atoms with van der Waals surface area (Å²) in [5.74, 6) is 0.969. The second-order valence-corrected chi connectivity index (χ2v) is 12.4. The summed E-state index contributed by atoms with van der Waals surface area (Å²) in [4.78, 5) is 5.26. The molecule has 6 aromatic carbocycles. The first-order chi connectivity index (χ1) is 23.3. The minimum absolute atomic E-state index is 0.967. The second kappa shape index (κ2) is 9.09. The molecule has 0 unspecified atom stereocenters. The first kappa shape index (κ1) is 24.9. The molecule has 0 saturated heterocycles. The molecule has 0 amide bonds. The van der Waals surface area contributed by atoms with Crippen molar-refractivity contribution in [3.8, 4) is 22.6 Å². The lowest BCUT2D eigenvalue weighted by atomic mass is 10.0. The Labute approximate surface area is 269 Å². The first-order valence-electron chi connectivity index (χ1n) is 16.1. The van der Waals surface area contributed by atoms with Crippen molar-refractivity contribution >= 4 is 71.1 Å². The van der Waals surface area contributed by atoms with Gasteiger partial charge in [0.2, 0.25) is 0 Å². The highest BCUT2D eigenvalue weighted by molar-refractivity contribution is 6.16. The molecule has 0 spiro atoms. The Morgan fingerprint density at radius 2 is 0.872 bits per heavy atom. The predicted molar refractivity (Wildman–Crippen MR) is 196 cm³/mol. The van der Waals surface area contributed by atoms with Crippen molar-refractivity contribution in [3.05, 3.63) is 158 Å². The molecule has 47 heavy (non-hydrogen) atoms. The number of aromatic nitrogens is 4. The number of nitrogens with zero attached hydrogens (tertiary/aromatic N) is 4. The molecule has 0 N–H and O–H groups in total. The molecule has 0 radical (unpaired) electrons. The molecule has 0 saturated carbocycles. The summed E-state index contributed by atoms with van der Waals surface area (Å²) in [6.07, 6.45) is 0. The maximum Gasteiger partial charge on any atom is 0.165 e. The van der Waals surface area contributed by atoms with E-state index in [4.69, 9.17) is 4.98 Å². The fourth-order valence-electron chi connectivity index (χ4n) is 7.99. The van der Waals surface area contributed by atoms with Crippen molar-refractivity contribution in [1.82, 2.24) is 18.5 Å². The molecule has 11 rings (SSSR count). The second-order valence-electron chi connectivity index (χ2n) is 12.4. The van der Waals surface area contributed by atoms with E-state index in [1.165, 1.54) is 65.7 Å². The molecule has 0 aliphatic heterocycles. The van der Waals surface area contributed by atoms with Crippen LogP contribution in [0.4, 0.5) is 0 Å². The van der Waals surface area contributed by atoms with E-state index in [-0.39, 0.29) is 0 Å². The number of fused-ring (bicyclic) bond motifs is 9. The molecule has 0 atom stereocenters. The Morgan fingerprint density at radius 1 is 0.362 bits per heavy atom. The zero-order valence-electron chi connectivity index (χ0n) is 25.3. The Kier molecular flexibility index (Phi) is 4.81. The monoisotopic (exact) mass is 598 g/mol. The average molecular weight is 599 g/mol. The Bertz CT molecular complexity index is 3010. The average Bonchev–Trinajstić information content (AvgIpc) is 3.87. The lowest BCUT2D eigenvalue weighted by molar-refractivity contribution is 1.13. The van der Waals surface area contributed by atoms with Gasteiger partial charge in [-0.1, -0.05) is 97.1 Å². The standard InChI is InChI=1S/C43H26N4/c1-2-11-29(12-3-1)45-36-17-8-6-14-31(36)34-25-27(21-23-39(34)45)28-22-24-40-35(26-28)32-15-7-9-18-37(32)46(40)43-42-33-16-5-4-13-30(33)38-19-10-20-41(44-43)47(38)42/h1-26H. The minimum Gasteiger partial charge on any atom is -0.309 e. The third-order valence-corrected chi connectivity index (χ3v) is 9.99. The van der Waals surface area contributed by atoms with Gasteiger partial charge < -0.3 is 4.57 Å². The van der Waals surface area contributed by atoms with Gasteiger partial charge in [0.15, 0.2) is 5.82 Å². The van der Waals surface area contributed by atoms with E-state index in [1.54, 1.807) is 0 Å². The summed E-state index contributed by atoms with van der Waals surface area (Å²) < 4.78 is 7.04. The van der Waals surface area contributed by atoms with Crippen LogP contribution in [-0.4, -0.2) is 18.5 Å². The number of hydrogen-bond acceptors (Lipinski definition) is 1. The SMILES string of the molecule is c1ccc(-n2c3ccccc3c3cc(-c4ccc5c(c4)c4ccccc4n5-c4nc5cccc6c7ccccc7c4n56)ccc32)cc1. The third kappa shape index (κ3) is 3.28. The highest BCUT2D eigenvalue weighted by Gasteiger charge is 2.22.